The Kier molecular flexibility index (Phi) is 5.70. The molecule has 1 aromatic carbocycles. The number of carbonyl (C=O) groups is 1. The minimum absolute atomic E-state index is 0.144. The fourth-order valence-electron chi connectivity index (χ4n) is 4.17. The summed E-state index contributed by atoms with van der Waals surface area (Å²) in [6.07, 6.45) is 0.661. The summed E-state index contributed by atoms with van der Waals surface area (Å²) < 4.78 is 45.1. The fourth-order valence-corrected chi connectivity index (χ4v) is 4.17. The van der Waals surface area contributed by atoms with Crippen LogP contribution in [0, 0.1) is 5.92 Å². The molecule has 4 rings (SSSR count). The largest absolute Gasteiger partial charge is 0.573 e. The van der Waals surface area contributed by atoms with Gasteiger partial charge in [-0.25, -0.2) is 0 Å². The van der Waals surface area contributed by atoms with Crippen LogP contribution in [0.25, 0.3) is 22.0 Å². The zero-order valence-corrected chi connectivity index (χ0v) is 17.7. The molecule has 1 saturated heterocycles. The van der Waals surface area contributed by atoms with Crippen LogP contribution in [0.15, 0.2) is 35.4 Å². The summed E-state index contributed by atoms with van der Waals surface area (Å²) in [6, 6.07) is 4.09. The van der Waals surface area contributed by atoms with Gasteiger partial charge in [0.1, 0.15) is 11.3 Å². The van der Waals surface area contributed by atoms with E-state index in [-0.39, 0.29) is 16.6 Å². The number of alkyl halides is 3. The first kappa shape index (κ1) is 21.9. The summed E-state index contributed by atoms with van der Waals surface area (Å²) in [5.74, 6) is -0.531. The Labute approximate surface area is 181 Å². The van der Waals surface area contributed by atoms with Crippen molar-refractivity contribution in [2.24, 2.45) is 13.0 Å². The predicted octanol–water partition coefficient (Wildman–Crippen LogP) is 4.09. The van der Waals surface area contributed by atoms with Crippen molar-refractivity contribution < 1.29 is 22.7 Å². The molecule has 0 spiro atoms. The van der Waals surface area contributed by atoms with Gasteiger partial charge in [-0.05, 0) is 36.5 Å². The van der Waals surface area contributed by atoms with E-state index >= 15 is 0 Å². The molecule has 0 saturated carbocycles. The molecular weight excluding hydrogens is 425 g/mol. The van der Waals surface area contributed by atoms with Gasteiger partial charge in [-0.1, -0.05) is 19.4 Å². The lowest BCUT2D eigenvalue weighted by molar-refractivity contribution is -0.274. The third-order valence-corrected chi connectivity index (χ3v) is 6.01. The van der Waals surface area contributed by atoms with Crippen molar-refractivity contribution >= 4 is 16.8 Å². The van der Waals surface area contributed by atoms with Crippen molar-refractivity contribution in [3.8, 4) is 16.9 Å². The Morgan fingerprint density at radius 1 is 1.28 bits per heavy atom. The van der Waals surface area contributed by atoms with Gasteiger partial charge in [0, 0.05) is 37.3 Å². The lowest BCUT2D eigenvalue weighted by Crippen LogP contribution is -2.38. The van der Waals surface area contributed by atoms with Crippen LogP contribution in [-0.2, 0) is 7.05 Å². The molecule has 0 radical (unpaired) electrons. The third-order valence-electron chi connectivity index (χ3n) is 6.01. The van der Waals surface area contributed by atoms with Crippen molar-refractivity contribution in [3.05, 3.63) is 46.5 Å². The van der Waals surface area contributed by atoms with Gasteiger partial charge in [-0.2, -0.15) is 5.10 Å². The van der Waals surface area contributed by atoms with Crippen LogP contribution < -0.4 is 10.3 Å². The van der Waals surface area contributed by atoms with Crippen molar-refractivity contribution in [2.45, 2.75) is 32.5 Å². The maximum atomic E-state index is 13.2. The standard InChI is InChI=1S/C22H23F3N4O3/c1-3-13-6-8-29(9-7-13)20(30)15-5-4-14(10-18(15)32-22(23,24)25)17-12-28(2)21(31)19-16(17)11-26-27-19/h4-5,10-13H,3,6-9H2,1-2H3,(H,26,27). The zero-order chi connectivity index (χ0) is 23.0. The predicted molar refractivity (Wildman–Crippen MR) is 112 cm³/mol. The van der Waals surface area contributed by atoms with Crippen LogP contribution in [0.1, 0.15) is 36.5 Å². The molecule has 0 atom stereocenters. The van der Waals surface area contributed by atoms with Crippen LogP contribution in [0.3, 0.4) is 0 Å². The Hall–Kier alpha value is -3.30. The Bertz CT molecular complexity index is 1210. The smallest absolute Gasteiger partial charge is 0.405 e. The van der Waals surface area contributed by atoms with E-state index < -0.39 is 18.0 Å². The molecule has 1 aliphatic rings. The second-order valence-electron chi connectivity index (χ2n) is 8.02. The van der Waals surface area contributed by atoms with Crippen molar-refractivity contribution in [1.29, 1.82) is 0 Å². The molecule has 7 nitrogen and oxygen atoms in total. The van der Waals surface area contributed by atoms with Gasteiger partial charge in [-0.3, -0.25) is 14.7 Å². The number of aromatic amines is 1. The molecule has 2 aromatic heterocycles. The van der Waals surface area contributed by atoms with Crippen LogP contribution in [-0.4, -0.2) is 45.0 Å². The summed E-state index contributed by atoms with van der Waals surface area (Å²) in [7, 11) is 1.54. The highest BCUT2D eigenvalue weighted by Gasteiger charge is 2.34. The highest BCUT2D eigenvalue weighted by atomic mass is 19.4. The van der Waals surface area contributed by atoms with Crippen LogP contribution in [0.5, 0.6) is 5.75 Å². The zero-order valence-electron chi connectivity index (χ0n) is 17.7. The average Bonchev–Trinajstić information content (AvgIpc) is 3.25. The normalized spacial score (nSPS) is 15.3. The number of rotatable bonds is 4. The van der Waals surface area contributed by atoms with Gasteiger partial charge in [-0.15, -0.1) is 13.2 Å². The van der Waals surface area contributed by atoms with Crippen LogP contribution >= 0.6 is 0 Å². The number of hydrogen-bond donors (Lipinski definition) is 1. The topological polar surface area (TPSA) is 80.2 Å². The Morgan fingerprint density at radius 3 is 2.66 bits per heavy atom. The number of nitrogens with zero attached hydrogens (tertiary/aromatic N) is 3. The number of benzene rings is 1. The number of aryl methyl sites for hydroxylation is 1. The van der Waals surface area contributed by atoms with Gasteiger partial charge >= 0.3 is 6.36 Å². The highest BCUT2D eigenvalue weighted by Crippen LogP contribution is 2.34. The van der Waals surface area contributed by atoms with Crippen molar-refractivity contribution in [3.63, 3.8) is 0 Å². The quantitative estimate of drug-likeness (QED) is 0.652. The van der Waals surface area contributed by atoms with E-state index in [1.54, 1.807) is 11.0 Å². The lowest BCUT2D eigenvalue weighted by atomic mass is 9.94. The maximum absolute atomic E-state index is 13.2. The summed E-state index contributed by atoms with van der Waals surface area (Å²) in [5, 5.41) is 6.96. The van der Waals surface area contributed by atoms with E-state index in [4.69, 9.17) is 0 Å². The van der Waals surface area contributed by atoms with Crippen LogP contribution in [0.4, 0.5) is 13.2 Å². The number of pyridine rings is 1. The molecule has 10 heteroatoms. The van der Waals surface area contributed by atoms with Gasteiger partial charge in [0.05, 0.1) is 11.8 Å². The van der Waals surface area contributed by atoms with Gasteiger partial charge in [0.15, 0.2) is 0 Å². The number of fused-ring (bicyclic) bond motifs is 1. The van der Waals surface area contributed by atoms with Gasteiger partial charge in [0.2, 0.25) is 0 Å². The first-order valence-electron chi connectivity index (χ1n) is 10.4. The molecular formula is C22H23F3N4O3. The van der Waals surface area contributed by atoms with Crippen molar-refractivity contribution in [2.75, 3.05) is 13.1 Å². The maximum Gasteiger partial charge on any atom is 0.573 e. The van der Waals surface area contributed by atoms with Crippen molar-refractivity contribution in [1.82, 2.24) is 19.7 Å². The minimum atomic E-state index is -4.96. The number of likely N-dealkylation sites (tertiary alicyclic amines) is 1. The van der Waals surface area contributed by atoms with E-state index in [0.717, 1.165) is 19.3 Å². The molecule has 1 N–H and O–H groups in total. The van der Waals surface area contributed by atoms with E-state index in [0.29, 0.717) is 35.5 Å². The average molecular weight is 448 g/mol. The third kappa shape index (κ3) is 4.21. The molecule has 170 valence electrons. The number of halogens is 3. The number of hydrogen-bond acceptors (Lipinski definition) is 4. The molecule has 32 heavy (non-hydrogen) atoms. The SMILES string of the molecule is CCC1CCN(C(=O)c2ccc(-c3cn(C)c(=O)c4[nH]ncc34)cc2OC(F)(F)F)CC1. The summed E-state index contributed by atoms with van der Waals surface area (Å²) in [5.41, 5.74) is 0.643. The monoisotopic (exact) mass is 448 g/mol. The van der Waals surface area contributed by atoms with E-state index in [1.165, 1.54) is 36.1 Å². The molecule has 0 unspecified atom stereocenters. The number of amides is 1. The molecule has 0 bridgehead atoms. The number of ether oxygens (including phenoxy) is 1. The molecule has 1 fully saturated rings. The van der Waals surface area contributed by atoms with E-state index in [2.05, 4.69) is 21.9 Å². The summed E-state index contributed by atoms with van der Waals surface area (Å²) >= 11 is 0. The Balaban J connectivity index is 1.76. The first-order valence-corrected chi connectivity index (χ1v) is 10.4. The summed E-state index contributed by atoms with van der Waals surface area (Å²) in [4.78, 5) is 26.9. The second-order valence-corrected chi connectivity index (χ2v) is 8.02. The number of nitrogens with one attached hydrogen (secondary N) is 1. The second kappa shape index (κ2) is 8.33. The van der Waals surface area contributed by atoms with Gasteiger partial charge < -0.3 is 14.2 Å². The molecule has 3 aromatic rings. The number of aromatic nitrogens is 3. The molecule has 1 amide bonds. The van der Waals surface area contributed by atoms with Gasteiger partial charge in [0.25, 0.3) is 11.5 Å². The number of carbonyl (C=O) groups excluding carboxylic acids is 1. The van der Waals surface area contributed by atoms with Crippen LogP contribution in [0.2, 0.25) is 0 Å². The first-order chi connectivity index (χ1) is 15.2. The number of piperidine rings is 1. The molecule has 3 heterocycles. The minimum Gasteiger partial charge on any atom is -0.405 e. The highest BCUT2D eigenvalue weighted by molar-refractivity contribution is 5.99. The van der Waals surface area contributed by atoms with E-state index in [9.17, 15) is 22.8 Å². The fraction of sp³-hybridized carbons (Fsp3) is 0.409. The lowest BCUT2D eigenvalue weighted by Gasteiger charge is -2.32. The molecule has 1 aliphatic heterocycles. The summed E-state index contributed by atoms with van der Waals surface area (Å²) in [6.45, 7) is 3.09. The van der Waals surface area contributed by atoms with E-state index in [1.807, 2.05) is 0 Å². The Morgan fingerprint density at radius 2 is 2.00 bits per heavy atom. The number of H-pyrrole nitrogens is 1. The molecule has 0 aliphatic carbocycles.